The Bertz CT molecular complexity index is 556. The van der Waals surface area contributed by atoms with Crippen molar-refractivity contribution in [2.75, 3.05) is 20.1 Å². The number of aromatic nitrogens is 3. The molecule has 0 saturated carbocycles. The van der Waals surface area contributed by atoms with Crippen LogP contribution in [0.4, 0.5) is 0 Å². The second-order valence-corrected chi connectivity index (χ2v) is 4.96. The van der Waals surface area contributed by atoms with Crippen LogP contribution in [-0.4, -0.2) is 73.8 Å². The van der Waals surface area contributed by atoms with Crippen molar-refractivity contribution in [2.45, 2.75) is 18.9 Å². The fraction of sp³-hybridized carbons (Fsp3) is 0.500. The van der Waals surface area contributed by atoms with Gasteiger partial charge in [-0.1, -0.05) is 5.21 Å². The minimum atomic E-state index is -0.886. The van der Waals surface area contributed by atoms with Crippen molar-refractivity contribution in [3.63, 3.8) is 0 Å². The van der Waals surface area contributed by atoms with E-state index in [1.54, 1.807) is 17.0 Å². The third kappa shape index (κ3) is 3.86. The molecule has 0 fully saturated rings. The highest BCUT2D eigenvalue weighted by Gasteiger charge is 2.23. The highest BCUT2D eigenvalue weighted by atomic mass is 16.5. The average Bonchev–Trinajstić information content (AvgIpc) is 2.92. The normalized spacial score (nSPS) is 19.1. The maximum atomic E-state index is 10.6. The lowest BCUT2D eigenvalue weighted by molar-refractivity contribution is -0.157. The molecule has 2 N–H and O–H groups in total. The Hall–Kier alpha value is -2.26. The predicted molar refractivity (Wildman–Crippen MR) is 71.2 cm³/mol. The fourth-order valence-corrected chi connectivity index (χ4v) is 2.16. The van der Waals surface area contributed by atoms with Gasteiger partial charge in [-0.3, -0.25) is 19.7 Å². The van der Waals surface area contributed by atoms with Crippen LogP contribution in [0.2, 0.25) is 0 Å². The van der Waals surface area contributed by atoms with E-state index in [-0.39, 0.29) is 6.42 Å². The molecule has 0 bridgehead atoms. The van der Waals surface area contributed by atoms with Gasteiger partial charge in [-0.2, -0.15) is 0 Å². The Morgan fingerprint density at radius 2 is 2.38 bits per heavy atom. The first-order valence-corrected chi connectivity index (χ1v) is 6.44. The minimum Gasteiger partial charge on any atom is -0.481 e. The average molecular weight is 295 g/mol. The zero-order valence-electron chi connectivity index (χ0n) is 11.6. The summed E-state index contributed by atoms with van der Waals surface area (Å²) in [5, 5.41) is 26.6. The van der Waals surface area contributed by atoms with Gasteiger partial charge >= 0.3 is 5.97 Å². The molecular weight excluding hydrogens is 278 g/mol. The standard InChI is InChI=1S/C12H17N5O4/c1-15-6-10(4-11(7-15)17(21)8-18)16-5-9(13-14-16)2-3-12(19)20/h4-5,8,11,21H,2-3,6-7H2,1H3,(H,19,20). The van der Waals surface area contributed by atoms with Crippen LogP contribution in [-0.2, 0) is 16.0 Å². The van der Waals surface area contributed by atoms with Gasteiger partial charge in [0.2, 0.25) is 6.41 Å². The largest absolute Gasteiger partial charge is 0.481 e. The van der Waals surface area contributed by atoms with Gasteiger partial charge in [0.15, 0.2) is 0 Å². The first-order chi connectivity index (χ1) is 9.99. The maximum Gasteiger partial charge on any atom is 0.303 e. The summed E-state index contributed by atoms with van der Waals surface area (Å²) in [5.74, 6) is -0.886. The molecule has 114 valence electrons. The Balaban J connectivity index is 2.14. The molecule has 1 atom stereocenters. The van der Waals surface area contributed by atoms with Crippen LogP contribution in [0.5, 0.6) is 0 Å². The topological polar surface area (TPSA) is 112 Å². The molecule has 0 saturated heterocycles. The van der Waals surface area contributed by atoms with Crippen LogP contribution < -0.4 is 0 Å². The van der Waals surface area contributed by atoms with E-state index in [2.05, 4.69) is 10.3 Å². The van der Waals surface area contributed by atoms with Crippen molar-refractivity contribution in [3.05, 3.63) is 18.0 Å². The first-order valence-electron chi connectivity index (χ1n) is 6.44. The minimum absolute atomic E-state index is 0.00414. The summed E-state index contributed by atoms with van der Waals surface area (Å²) in [6.07, 6.45) is 4.06. The monoisotopic (exact) mass is 295 g/mol. The van der Waals surface area contributed by atoms with Crippen molar-refractivity contribution in [1.29, 1.82) is 0 Å². The van der Waals surface area contributed by atoms with Crippen LogP contribution in [0, 0.1) is 0 Å². The molecule has 2 rings (SSSR count). The van der Waals surface area contributed by atoms with E-state index in [9.17, 15) is 14.8 Å². The third-order valence-corrected chi connectivity index (χ3v) is 3.19. The number of carbonyl (C=O) groups excluding carboxylic acids is 1. The number of likely N-dealkylation sites (N-methyl/N-ethyl adjacent to an activating group) is 1. The van der Waals surface area contributed by atoms with Crippen molar-refractivity contribution in [2.24, 2.45) is 0 Å². The second-order valence-electron chi connectivity index (χ2n) is 4.96. The number of carboxylic acids is 1. The number of hydrogen-bond acceptors (Lipinski definition) is 6. The summed E-state index contributed by atoms with van der Waals surface area (Å²) in [7, 11) is 1.86. The zero-order valence-corrected chi connectivity index (χ0v) is 11.6. The Kier molecular flexibility index (Phi) is 4.66. The number of aryl methyl sites for hydroxylation is 1. The number of nitrogens with zero attached hydrogens (tertiary/aromatic N) is 5. The van der Waals surface area contributed by atoms with Crippen molar-refractivity contribution < 1.29 is 19.9 Å². The number of carbonyl (C=O) groups is 2. The van der Waals surface area contributed by atoms with Gasteiger partial charge in [0, 0.05) is 19.5 Å². The smallest absolute Gasteiger partial charge is 0.303 e. The summed E-state index contributed by atoms with van der Waals surface area (Å²) in [5.41, 5.74) is 1.35. The highest BCUT2D eigenvalue weighted by molar-refractivity contribution is 5.66. The molecule has 2 heterocycles. The summed E-state index contributed by atoms with van der Waals surface area (Å²) >= 11 is 0. The zero-order chi connectivity index (χ0) is 15.4. The number of rotatable bonds is 6. The molecule has 1 aliphatic rings. The number of amides is 1. The van der Waals surface area contributed by atoms with E-state index >= 15 is 0 Å². The van der Waals surface area contributed by atoms with Gasteiger partial charge in [0.05, 0.1) is 30.1 Å². The van der Waals surface area contributed by atoms with Gasteiger partial charge in [-0.15, -0.1) is 5.10 Å². The summed E-state index contributed by atoms with van der Waals surface area (Å²) in [6.45, 7) is 1.10. The SMILES string of the molecule is CN1CC(n2cc(CCC(=O)O)nn2)=CC(N(O)C=O)C1. The molecule has 1 aromatic rings. The van der Waals surface area contributed by atoms with Crippen molar-refractivity contribution >= 4 is 18.1 Å². The van der Waals surface area contributed by atoms with Crippen molar-refractivity contribution in [3.8, 4) is 0 Å². The van der Waals surface area contributed by atoms with Gasteiger partial charge in [-0.05, 0) is 13.1 Å². The van der Waals surface area contributed by atoms with Crippen LogP contribution in [0.15, 0.2) is 12.3 Å². The van der Waals surface area contributed by atoms with Crippen LogP contribution >= 0.6 is 0 Å². The maximum absolute atomic E-state index is 10.6. The third-order valence-electron chi connectivity index (χ3n) is 3.19. The summed E-state index contributed by atoms with van der Waals surface area (Å²) in [4.78, 5) is 23.1. The van der Waals surface area contributed by atoms with E-state index in [4.69, 9.17) is 5.11 Å². The molecule has 9 nitrogen and oxygen atoms in total. The van der Waals surface area contributed by atoms with E-state index < -0.39 is 12.0 Å². The van der Waals surface area contributed by atoms with Gasteiger partial charge in [0.1, 0.15) is 0 Å². The molecule has 0 radical (unpaired) electrons. The molecular formula is C12H17N5O4. The molecule has 9 heteroatoms. The van der Waals surface area contributed by atoms with Crippen LogP contribution in [0.1, 0.15) is 12.1 Å². The number of hydroxylamine groups is 2. The van der Waals surface area contributed by atoms with Gasteiger partial charge < -0.3 is 5.11 Å². The lowest BCUT2D eigenvalue weighted by Gasteiger charge is -2.31. The van der Waals surface area contributed by atoms with Gasteiger partial charge in [0.25, 0.3) is 0 Å². The lowest BCUT2D eigenvalue weighted by Crippen LogP contribution is -2.43. The Morgan fingerprint density at radius 1 is 1.62 bits per heavy atom. The highest BCUT2D eigenvalue weighted by Crippen LogP contribution is 2.15. The van der Waals surface area contributed by atoms with Crippen molar-refractivity contribution in [1.82, 2.24) is 25.0 Å². The quantitative estimate of drug-likeness (QED) is 0.405. The Labute approximate surface area is 121 Å². The molecule has 0 aliphatic carbocycles. The Morgan fingerprint density at radius 3 is 3.05 bits per heavy atom. The predicted octanol–water partition coefficient (Wildman–Crippen LogP) is -0.702. The first kappa shape index (κ1) is 15.1. The number of aliphatic carboxylic acids is 1. The van der Waals surface area contributed by atoms with E-state index in [0.717, 1.165) is 5.70 Å². The molecule has 0 spiro atoms. The molecule has 1 aliphatic heterocycles. The van der Waals surface area contributed by atoms with E-state index in [1.807, 2.05) is 11.9 Å². The molecule has 1 aromatic heterocycles. The van der Waals surface area contributed by atoms with Crippen LogP contribution in [0.25, 0.3) is 5.70 Å². The van der Waals surface area contributed by atoms with E-state index in [0.29, 0.717) is 36.7 Å². The lowest BCUT2D eigenvalue weighted by atomic mass is 10.1. The van der Waals surface area contributed by atoms with Crippen LogP contribution in [0.3, 0.4) is 0 Å². The molecule has 1 amide bonds. The summed E-state index contributed by atoms with van der Waals surface area (Å²) < 4.78 is 1.54. The second kappa shape index (κ2) is 6.46. The molecule has 21 heavy (non-hydrogen) atoms. The number of hydrogen-bond donors (Lipinski definition) is 2. The fourth-order valence-electron chi connectivity index (χ4n) is 2.16. The molecule has 0 aromatic carbocycles. The summed E-state index contributed by atoms with van der Waals surface area (Å²) in [6, 6.07) is -0.456. The van der Waals surface area contributed by atoms with E-state index in [1.165, 1.54) is 0 Å². The number of carboxylic acid groups (broad SMARTS) is 1. The molecule has 1 unspecified atom stereocenters. The van der Waals surface area contributed by atoms with Gasteiger partial charge in [-0.25, -0.2) is 9.75 Å².